The molecule has 0 aromatic heterocycles. The van der Waals surface area contributed by atoms with Gasteiger partial charge in [0.1, 0.15) is 5.75 Å². The average molecular weight is 251 g/mol. The second-order valence-electron chi connectivity index (χ2n) is 4.58. The molecule has 0 aliphatic heterocycles. The van der Waals surface area contributed by atoms with Gasteiger partial charge in [0.05, 0.1) is 19.3 Å². The van der Waals surface area contributed by atoms with Crippen LogP contribution in [0, 0.1) is 0 Å². The molecular weight excluding hydrogens is 226 g/mol. The number of hydrogen-bond acceptors (Lipinski definition) is 3. The second kappa shape index (κ2) is 8.11. The molecule has 0 saturated heterocycles. The summed E-state index contributed by atoms with van der Waals surface area (Å²) < 4.78 is 10.9. The van der Waals surface area contributed by atoms with Crippen LogP contribution in [0.1, 0.15) is 44.7 Å². The first kappa shape index (κ1) is 15.0. The van der Waals surface area contributed by atoms with Crippen molar-refractivity contribution in [1.82, 2.24) is 0 Å². The van der Waals surface area contributed by atoms with Gasteiger partial charge in [0.25, 0.3) is 0 Å². The van der Waals surface area contributed by atoms with E-state index in [1.54, 1.807) is 7.11 Å². The summed E-state index contributed by atoms with van der Waals surface area (Å²) in [6.45, 7) is 5.01. The molecule has 0 amide bonds. The van der Waals surface area contributed by atoms with E-state index in [0.717, 1.165) is 24.3 Å². The van der Waals surface area contributed by atoms with Crippen molar-refractivity contribution in [3.8, 4) is 5.75 Å². The van der Waals surface area contributed by atoms with Gasteiger partial charge in [0, 0.05) is 6.61 Å². The largest absolute Gasteiger partial charge is 0.497 e. The lowest BCUT2D eigenvalue weighted by atomic mass is 10.0. The lowest BCUT2D eigenvalue weighted by molar-refractivity contribution is 0.0456. The molecular formula is C15H25NO2. The normalized spacial score (nSPS) is 14.2. The smallest absolute Gasteiger partial charge is 0.118 e. The standard InChI is InChI=1S/C15H25NO2/c1-4-5-6-11-18-12(2)15(16)13-7-9-14(17-3)10-8-13/h7-10,12,15H,4-6,11,16H2,1-3H3. The van der Waals surface area contributed by atoms with Crippen molar-refractivity contribution in [2.45, 2.75) is 45.3 Å². The summed E-state index contributed by atoms with van der Waals surface area (Å²) in [6, 6.07) is 7.76. The molecule has 3 heteroatoms. The minimum Gasteiger partial charge on any atom is -0.497 e. The molecule has 1 aromatic carbocycles. The molecule has 0 saturated carbocycles. The number of nitrogens with two attached hydrogens (primary N) is 1. The van der Waals surface area contributed by atoms with Crippen LogP contribution in [-0.4, -0.2) is 19.8 Å². The summed E-state index contributed by atoms with van der Waals surface area (Å²) in [6.07, 6.45) is 3.57. The van der Waals surface area contributed by atoms with Gasteiger partial charge < -0.3 is 15.2 Å². The van der Waals surface area contributed by atoms with Crippen LogP contribution < -0.4 is 10.5 Å². The Morgan fingerprint density at radius 3 is 2.39 bits per heavy atom. The van der Waals surface area contributed by atoms with Crippen LogP contribution in [0.15, 0.2) is 24.3 Å². The van der Waals surface area contributed by atoms with Gasteiger partial charge in [-0.1, -0.05) is 31.9 Å². The fraction of sp³-hybridized carbons (Fsp3) is 0.600. The minimum absolute atomic E-state index is 0.0373. The van der Waals surface area contributed by atoms with E-state index >= 15 is 0 Å². The quantitative estimate of drug-likeness (QED) is 0.721. The third kappa shape index (κ3) is 4.67. The van der Waals surface area contributed by atoms with Crippen LogP contribution in [0.5, 0.6) is 5.75 Å². The first-order chi connectivity index (χ1) is 8.69. The third-order valence-corrected chi connectivity index (χ3v) is 3.14. The summed E-state index contributed by atoms with van der Waals surface area (Å²) in [7, 11) is 1.66. The molecule has 102 valence electrons. The first-order valence-electron chi connectivity index (χ1n) is 6.70. The third-order valence-electron chi connectivity index (χ3n) is 3.14. The van der Waals surface area contributed by atoms with Gasteiger partial charge in [-0.3, -0.25) is 0 Å². The summed E-state index contributed by atoms with van der Waals surface area (Å²) in [5, 5.41) is 0. The Kier molecular flexibility index (Phi) is 6.76. The Morgan fingerprint density at radius 2 is 1.83 bits per heavy atom. The summed E-state index contributed by atoms with van der Waals surface area (Å²) in [5.74, 6) is 0.850. The molecule has 0 radical (unpaired) electrons. The van der Waals surface area contributed by atoms with Crippen LogP contribution in [0.4, 0.5) is 0 Å². The number of benzene rings is 1. The van der Waals surface area contributed by atoms with E-state index in [4.69, 9.17) is 15.2 Å². The summed E-state index contributed by atoms with van der Waals surface area (Å²) in [4.78, 5) is 0. The zero-order valence-corrected chi connectivity index (χ0v) is 11.7. The van der Waals surface area contributed by atoms with Gasteiger partial charge in [-0.25, -0.2) is 0 Å². The topological polar surface area (TPSA) is 44.5 Å². The highest BCUT2D eigenvalue weighted by atomic mass is 16.5. The van der Waals surface area contributed by atoms with E-state index in [2.05, 4.69) is 6.92 Å². The molecule has 18 heavy (non-hydrogen) atoms. The maximum absolute atomic E-state index is 6.18. The molecule has 1 aromatic rings. The molecule has 0 aliphatic rings. The first-order valence-corrected chi connectivity index (χ1v) is 6.70. The van der Waals surface area contributed by atoms with Crippen molar-refractivity contribution < 1.29 is 9.47 Å². The van der Waals surface area contributed by atoms with E-state index in [-0.39, 0.29) is 12.1 Å². The zero-order chi connectivity index (χ0) is 13.4. The second-order valence-corrected chi connectivity index (χ2v) is 4.58. The summed E-state index contributed by atoms with van der Waals surface area (Å²) >= 11 is 0. The van der Waals surface area contributed by atoms with Crippen LogP contribution >= 0.6 is 0 Å². The molecule has 1 rings (SSSR count). The van der Waals surface area contributed by atoms with Gasteiger partial charge in [-0.2, -0.15) is 0 Å². The fourth-order valence-corrected chi connectivity index (χ4v) is 1.82. The fourth-order valence-electron chi connectivity index (χ4n) is 1.82. The minimum atomic E-state index is -0.0856. The van der Waals surface area contributed by atoms with Crippen molar-refractivity contribution in [1.29, 1.82) is 0 Å². The van der Waals surface area contributed by atoms with Gasteiger partial charge >= 0.3 is 0 Å². The molecule has 2 N–H and O–H groups in total. The SMILES string of the molecule is CCCCCOC(C)C(N)c1ccc(OC)cc1. The predicted molar refractivity (Wildman–Crippen MR) is 74.9 cm³/mol. The average Bonchev–Trinajstić information content (AvgIpc) is 2.42. The molecule has 2 atom stereocenters. The Labute approximate surface area is 110 Å². The summed E-state index contributed by atoms with van der Waals surface area (Å²) in [5.41, 5.74) is 7.26. The highest BCUT2D eigenvalue weighted by molar-refractivity contribution is 5.29. The van der Waals surface area contributed by atoms with Gasteiger partial charge in [0.2, 0.25) is 0 Å². The van der Waals surface area contributed by atoms with Crippen molar-refractivity contribution >= 4 is 0 Å². The van der Waals surface area contributed by atoms with Crippen molar-refractivity contribution in [2.75, 3.05) is 13.7 Å². The van der Waals surface area contributed by atoms with Crippen LogP contribution in [0.25, 0.3) is 0 Å². The van der Waals surface area contributed by atoms with Crippen LogP contribution in [-0.2, 0) is 4.74 Å². The number of unbranched alkanes of at least 4 members (excludes halogenated alkanes) is 2. The lowest BCUT2D eigenvalue weighted by Crippen LogP contribution is -2.26. The van der Waals surface area contributed by atoms with Crippen LogP contribution in [0.2, 0.25) is 0 Å². The van der Waals surface area contributed by atoms with E-state index < -0.39 is 0 Å². The molecule has 2 unspecified atom stereocenters. The van der Waals surface area contributed by atoms with Gasteiger partial charge in [0.15, 0.2) is 0 Å². The van der Waals surface area contributed by atoms with E-state index in [9.17, 15) is 0 Å². The molecule has 0 aliphatic carbocycles. The van der Waals surface area contributed by atoms with Crippen LogP contribution in [0.3, 0.4) is 0 Å². The van der Waals surface area contributed by atoms with E-state index in [1.807, 2.05) is 31.2 Å². The molecule has 0 fully saturated rings. The van der Waals surface area contributed by atoms with Gasteiger partial charge in [-0.15, -0.1) is 0 Å². The Morgan fingerprint density at radius 1 is 1.17 bits per heavy atom. The monoisotopic (exact) mass is 251 g/mol. The molecule has 3 nitrogen and oxygen atoms in total. The van der Waals surface area contributed by atoms with Gasteiger partial charge in [-0.05, 0) is 31.0 Å². The van der Waals surface area contributed by atoms with Crippen molar-refractivity contribution in [2.24, 2.45) is 5.73 Å². The number of hydrogen-bond donors (Lipinski definition) is 1. The number of rotatable bonds is 8. The maximum atomic E-state index is 6.18. The maximum Gasteiger partial charge on any atom is 0.118 e. The van der Waals surface area contributed by atoms with E-state index in [1.165, 1.54) is 12.8 Å². The number of methoxy groups -OCH3 is 1. The Bertz CT molecular complexity index is 324. The lowest BCUT2D eigenvalue weighted by Gasteiger charge is -2.21. The number of ether oxygens (including phenoxy) is 2. The van der Waals surface area contributed by atoms with Crippen molar-refractivity contribution in [3.05, 3.63) is 29.8 Å². The molecule has 0 bridgehead atoms. The van der Waals surface area contributed by atoms with E-state index in [0.29, 0.717) is 0 Å². The highest BCUT2D eigenvalue weighted by Crippen LogP contribution is 2.20. The molecule has 0 spiro atoms. The Hall–Kier alpha value is -1.06. The highest BCUT2D eigenvalue weighted by Gasteiger charge is 2.15. The van der Waals surface area contributed by atoms with Crippen molar-refractivity contribution in [3.63, 3.8) is 0 Å². The molecule has 0 heterocycles. The Balaban J connectivity index is 2.43. The zero-order valence-electron chi connectivity index (χ0n) is 11.7. The predicted octanol–water partition coefficient (Wildman–Crippen LogP) is 3.29.